The Labute approximate surface area is 83.6 Å². The molecule has 0 aliphatic rings. The maximum Gasteiger partial charge on any atom is 0.337 e. The van der Waals surface area contributed by atoms with Crippen LogP contribution in [-0.2, 0) is 16.3 Å². The zero-order valence-corrected chi connectivity index (χ0v) is 8.06. The number of carbonyl (C=O) groups is 1. The van der Waals surface area contributed by atoms with Gasteiger partial charge in [0.2, 0.25) is 0 Å². The summed E-state index contributed by atoms with van der Waals surface area (Å²) in [7, 11) is 0. The van der Waals surface area contributed by atoms with E-state index in [1.54, 1.807) is 36.0 Å². The number of aromatic nitrogens is 1. The average molecular weight is 190 g/mol. The first-order valence-corrected chi connectivity index (χ1v) is 4.17. The van der Waals surface area contributed by atoms with Crippen LogP contribution in [0.5, 0.6) is 0 Å². The molecule has 0 saturated heterocycles. The van der Waals surface area contributed by atoms with E-state index in [1.165, 1.54) is 0 Å². The molecule has 14 heavy (non-hydrogen) atoms. The molecule has 0 unspecified atom stereocenters. The van der Waals surface area contributed by atoms with Gasteiger partial charge in [-0.2, -0.15) is 4.57 Å². The Morgan fingerprint density at radius 3 is 2.64 bits per heavy atom. The van der Waals surface area contributed by atoms with Gasteiger partial charge in [0.1, 0.15) is 0 Å². The zero-order chi connectivity index (χ0) is 10.6. The van der Waals surface area contributed by atoms with Gasteiger partial charge >= 0.3 is 5.97 Å². The molecule has 2 radical (unpaired) electrons. The normalized spacial score (nSPS) is 9.57. The molecule has 1 heterocycles. The molecule has 0 amide bonds. The van der Waals surface area contributed by atoms with Crippen LogP contribution in [0.25, 0.3) is 0 Å². The Kier molecular flexibility index (Phi) is 3.40. The van der Waals surface area contributed by atoms with Crippen molar-refractivity contribution in [3.05, 3.63) is 49.2 Å². The second kappa shape index (κ2) is 4.56. The minimum atomic E-state index is -0.394. The summed E-state index contributed by atoms with van der Waals surface area (Å²) in [5, 5.41) is 0. The largest absolute Gasteiger partial charge is 0.401 e. The van der Waals surface area contributed by atoms with Crippen LogP contribution >= 0.6 is 0 Å². The second-order valence-electron chi connectivity index (χ2n) is 2.99. The highest BCUT2D eigenvalue weighted by molar-refractivity contribution is 5.86. The number of hydrogen-bond acceptors (Lipinski definition) is 2. The summed E-state index contributed by atoms with van der Waals surface area (Å²) in [6.45, 7) is 10.8. The zero-order valence-electron chi connectivity index (χ0n) is 8.06. The molecule has 1 aromatic heterocycles. The monoisotopic (exact) mass is 190 g/mol. The molecule has 0 bridgehead atoms. The van der Waals surface area contributed by atoms with Crippen LogP contribution < -0.4 is 4.57 Å². The van der Waals surface area contributed by atoms with Crippen LogP contribution in [0.3, 0.4) is 0 Å². The summed E-state index contributed by atoms with van der Waals surface area (Å²) in [5.74, 6) is -0.394. The average Bonchev–Trinajstić information content (AvgIpc) is 2.16. The number of rotatable bonds is 3. The van der Waals surface area contributed by atoms with Gasteiger partial charge in [-0.25, -0.2) is 4.79 Å². The van der Waals surface area contributed by atoms with E-state index in [9.17, 15) is 4.79 Å². The number of nitrogens with zero attached hydrogens (tertiary/aromatic N) is 1. The first-order valence-electron chi connectivity index (χ1n) is 4.17. The lowest BCUT2D eigenvalue weighted by Gasteiger charge is -1.99. The quantitative estimate of drug-likeness (QED) is 0.406. The van der Waals surface area contributed by atoms with Crippen molar-refractivity contribution in [1.29, 1.82) is 0 Å². The van der Waals surface area contributed by atoms with Crippen LogP contribution in [0, 0.1) is 6.92 Å². The van der Waals surface area contributed by atoms with Gasteiger partial charge in [0.05, 0.1) is 0 Å². The summed E-state index contributed by atoms with van der Waals surface area (Å²) in [6, 6.07) is 3.46. The third-order valence-electron chi connectivity index (χ3n) is 1.61. The van der Waals surface area contributed by atoms with Crippen molar-refractivity contribution in [2.45, 2.75) is 13.7 Å². The van der Waals surface area contributed by atoms with Gasteiger partial charge in [-0.15, -0.1) is 0 Å². The highest BCUT2D eigenvalue weighted by Gasteiger charge is 2.06. The first-order chi connectivity index (χ1) is 6.59. The molecular formula is C11H12NO2+. The molecule has 0 spiro atoms. The van der Waals surface area contributed by atoms with Gasteiger partial charge in [0.15, 0.2) is 12.4 Å². The highest BCUT2D eigenvalue weighted by Crippen LogP contribution is 1.93. The van der Waals surface area contributed by atoms with Crippen molar-refractivity contribution < 1.29 is 14.1 Å². The Hall–Kier alpha value is -1.64. The van der Waals surface area contributed by atoms with E-state index in [0.717, 1.165) is 0 Å². The molecule has 3 nitrogen and oxygen atoms in total. The van der Waals surface area contributed by atoms with E-state index in [2.05, 4.69) is 6.58 Å². The van der Waals surface area contributed by atoms with Crippen LogP contribution in [0.2, 0.25) is 0 Å². The maximum atomic E-state index is 11.0. The van der Waals surface area contributed by atoms with Gasteiger partial charge in [0.25, 0.3) is 6.73 Å². The number of esters is 1. The Morgan fingerprint density at radius 2 is 2.14 bits per heavy atom. The smallest absolute Gasteiger partial charge is 0.337 e. The molecule has 72 valence electrons. The molecule has 0 N–H and O–H groups in total. The fourth-order valence-corrected chi connectivity index (χ4v) is 0.811. The van der Waals surface area contributed by atoms with E-state index < -0.39 is 5.97 Å². The fraction of sp³-hybridized carbons (Fsp3) is 0.182. The molecule has 0 aliphatic heterocycles. The molecule has 3 heteroatoms. The number of carbonyl (C=O) groups excluding carboxylic acids is 1. The number of hydrogen-bond donors (Lipinski definition) is 0. The first kappa shape index (κ1) is 10.4. The standard InChI is InChI=1S/C11H12NO2/c1-9(2)11(13)14-8-12-6-4-10(3)5-7-12/h3-7H,1,8H2,2H3/q+1. The van der Waals surface area contributed by atoms with E-state index in [-0.39, 0.29) is 6.73 Å². The van der Waals surface area contributed by atoms with Gasteiger partial charge in [-0.3, -0.25) is 0 Å². The summed E-state index contributed by atoms with van der Waals surface area (Å²) < 4.78 is 6.62. The topological polar surface area (TPSA) is 30.2 Å². The van der Waals surface area contributed by atoms with E-state index in [0.29, 0.717) is 11.1 Å². The third kappa shape index (κ3) is 3.01. The molecular weight excluding hydrogens is 178 g/mol. The van der Waals surface area contributed by atoms with Crippen molar-refractivity contribution in [1.82, 2.24) is 0 Å². The molecule has 1 aromatic rings. The molecule has 0 atom stereocenters. The molecule has 1 rings (SSSR count). The molecule has 0 fully saturated rings. The highest BCUT2D eigenvalue weighted by atomic mass is 16.5. The van der Waals surface area contributed by atoms with Gasteiger partial charge in [0, 0.05) is 17.7 Å². The summed E-state index contributed by atoms with van der Waals surface area (Å²) in [6.07, 6.45) is 3.47. The Balaban J connectivity index is 2.50. The Bertz CT molecular complexity index is 341. The van der Waals surface area contributed by atoms with Crippen molar-refractivity contribution in [3.63, 3.8) is 0 Å². The van der Waals surface area contributed by atoms with E-state index in [4.69, 9.17) is 11.7 Å². The van der Waals surface area contributed by atoms with E-state index >= 15 is 0 Å². The summed E-state index contributed by atoms with van der Waals surface area (Å²) >= 11 is 0. The minimum Gasteiger partial charge on any atom is -0.401 e. The lowest BCUT2D eigenvalue weighted by atomic mass is 10.3. The van der Waals surface area contributed by atoms with Gasteiger partial charge in [-0.05, 0) is 19.4 Å². The second-order valence-corrected chi connectivity index (χ2v) is 2.99. The Morgan fingerprint density at radius 1 is 1.57 bits per heavy atom. The van der Waals surface area contributed by atoms with Crippen LogP contribution in [0.1, 0.15) is 12.5 Å². The number of pyridine rings is 1. The van der Waals surface area contributed by atoms with Crippen molar-refractivity contribution in [2.24, 2.45) is 0 Å². The maximum absolute atomic E-state index is 11.0. The van der Waals surface area contributed by atoms with Gasteiger partial charge in [-0.1, -0.05) is 6.58 Å². The van der Waals surface area contributed by atoms with Crippen molar-refractivity contribution >= 4 is 5.97 Å². The minimum absolute atomic E-state index is 0.173. The van der Waals surface area contributed by atoms with Gasteiger partial charge < -0.3 is 4.74 Å². The predicted molar refractivity (Wildman–Crippen MR) is 50.9 cm³/mol. The third-order valence-corrected chi connectivity index (χ3v) is 1.61. The van der Waals surface area contributed by atoms with Crippen LogP contribution in [0.4, 0.5) is 0 Å². The lowest BCUT2D eigenvalue weighted by Crippen LogP contribution is -2.35. The molecule has 0 aliphatic carbocycles. The van der Waals surface area contributed by atoms with Crippen LogP contribution in [0.15, 0.2) is 36.7 Å². The van der Waals surface area contributed by atoms with Crippen LogP contribution in [-0.4, -0.2) is 5.97 Å². The van der Waals surface area contributed by atoms with Crippen molar-refractivity contribution in [3.8, 4) is 0 Å². The fourth-order valence-electron chi connectivity index (χ4n) is 0.811. The van der Waals surface area contributed by atoms with Crippen molar-refractivity contribution in [2.75, 3.05) is 0 Å². The summed E-state index contributed by atoms with van der Waals surface area (Å²) in [5.41, 5.74) is 1.06. The SMILES string of the molecule is [CH]c1cc[n+](COC(=O)C(=C)C)cc1. The lowest BCUT2D eigenvalue weighted by molar-refractivity contribution is -0.727. The summed E-state index contributed by atoms with van der Waals surface area (Å²) in [4.78, 5) is 11.0. The molecule has 0 saturated carbocycles. The predicted octanol–water partition coefficient (Wildman–Crippen LogP) is 1.11. The molecule has 0 aromatic carbocycles. The number of ether oxygens (including phenoxy) is 1. The van der Waals surface area contributed by atoms with E-state index in [1.807, 2.05) is 0 Å².